The number of benzene rings is 2. The average Bonchev–Trinajstić information content (AvgIpc) is 2.76. The second-order valence-corrected chi connectivity index (χ2v) is 6.66. The number of carbonyl (C=O) groups is 1. The highest BCUT2D eigenvalue weighted by Crippen LogP contribution is 2.32. The van der Waals surface area contributed by atoms with Crippen molar-refractivity contribution >= 4 is 23.3 Å². The van der Waals surface area contributed by atoms with Crippen LogP contribution in [0.3, 0.4) is 0 Å². The van der Waals surface area contributed by atoms with Crippen LogP contribution < -0.4 is 10.1 Å². The number of aromatic nitrogens is 3. The van der Waals surface area contributed by atoms with Crippen molar-refractivity contribution in [1.29, 1.82) is 0 Å². The summed E-state index contributed by atoms with van der Waals surface area (Å²) in [4.78, 5) is 24.6. The molecule has 4 rings (SSSR count). The van der Waals surface area contributed by atoms with Crippen LogP contribution in [0.15, 0.2) is 73.2 Å². The summed E-state index contributed by atoms with van der Waals surface area (Å²) in [6.07, 6.45) is 4.24. The van der Waals surface area contributed by atoms with E-state index in [1.807, 2.05) is 0 Å². The van der Waals surface area contributed by atoms with Crippen LogP contribution in [0.5, 0.6) is 11.6 Å². The molecule has 0 aliphatic rings. The molecular weight excluding hydrogens is 426 g/mol. The topological polar surface area (TPSA) is 77.0 Å². The van der Waals surface area contributed by atoms with E-state index >= 15 is 0 Å². The molecule has 0 aliphatic carbocycles. The van der Waals surface area contributed by atoms with E-state index in [2.05, 4.69) is 20.3 Å². The summed E-state index contributed by atoms with van der Waals surface area (Å²) >= 11 is 6.28. The van der Waals surface area contributed by atoms with Gasteiger partial charge in [0.2, 0.25) is 5.88 Å². The molecule has 1 amide bonds. The van der Waals surface area contributed by atoms with Gasteiger partial charge in [0.1, 0.15) is 22.9 Å². The Kier molecular flexibility index (Phi) is 5.81. The van der Waals surface area contributed by atoms with Gasteiger partial charge in [0, 0.05) is 17.8 Å². The molecule has 0 unspecified atom stereocenters. The Morgan fingerprint density at radius 1 is 0.935 bits per heavy atom. The summed E-state index contributed by atoms with van der Waals surface area (Å²) in [5.74, 6) is -1.99. The maximum atomic E-state index is 13.8. The Hall–Kier alpha value is -3.91. The molecular formula is C22H13ClF2N4O2. The first kappa shape index (κ1) is 20.4. The van der Waals surface area contributed by atoms with Crippen molar-refractivity contribution in [3.05, 3.63) is 95.4 Å². The van der Waals surface area contributed by atoms with Crippen molar-refractivity contribution in [3.63, 3.8) is 0 Å². The van der Waals surface area contributed by atoms with E-state index in [-0.39, 0.29) is 5.82 Å². The molecule has 6 nitrogen and oxygen atoms in total. The quantitative estimate of drug-likeness (QED) is 0.444. The molecule has 1 N–H and O–H groups in total. The highest BCUT2D eigenvalue weighted by Gasteiger charge is 2.18. The van der Waals surface area contributed by atoms with E-state index in [4.69, 9.17) is 16.3 Å². The third-order valence-electron chi connectivity index (χ3n) is 4.16. The molecule has 9 heteroatoms. The molecule has 0 bridgehead atoms. The standard InChI is InChI=1S/C22H13ClF2N4O2/c23-15-8-7-13(31-20-6-1-2-9-26-20)10-14(15)18-11-28-19(12-27-18)29-22(30)21-16(24)4-3-5-17(21)25/h1-12H,(H,28,29,30). The van der Waals surface area contributed by atoms with Gasteiger partial charge in [-0.1, -0.05) is 23.7 Å². The molecule has 0 spiro atoms. The maximum absolute atomic E-state index is 13.8. The lowest BCUT2D eigenvalue weighted by atomic mass is 10.1. The third-order valence-corrected chi connectivity index (χ3v) is 4.49. The normalized spacial score (nSPS) is 10.5. The van der Waals surface area contributed by atoms with Crippen molar-refractivity contribution in [2.75, 3.05) is 5.32 Å². The van der Waals surface area contributed by atoms with E-state index in [1.54, 1.807) is 42.6 Å². The largest absolute Gasteiger partial charge is 0.439 e. The number of carbonyl (C=O) groups excluding carboxylic acids is 1. The lowest BCUT2D eigenvalue weighted by Gasteiger charge is -2.09. The Morgan fingerprint density at radius 2 is 1.74 bits per heavy atom. The number of halogens is 3. The van der Waals surface area contributed by atoms with Crippen LogP contribution in [0, 0.1) is 11.6 Å². The summed E-state index contributed by atoms with van der Waals surface area (Å²) in [6.45, 7) is 0. The summed E-state index contributed by atoms with van der Waals surface area (Å²) < 4.78 is 33.2. The molecule has 31 heavy (non-hydrogen) atoms. The van der Waals surface area contributed by atoms with Crippen molar-refractivity contribution < 1.29 is 18.3 Å². The number of hydrogen-bond donors (Lipinski definition) is 1. The number of pyridine rings is 1. The van der Waals surface area contributed by atoms with Gasteiger partial charge >= 0.3 is 0 Å². The highest BCUT2D eigenvalue weighted by atomic mass is 35.5. The molecule has 0 fully saturated rings. The number of hydrogen-bond acceptors (Lipinski definition) is 5. The second-order valence-electron chi connectivity index (χ2n) is 6.25. The van der Waals surface area contributed by atoms with Gasteiger partial charge in [0.05, 0.1) is 23.1 Å². The number of anilines is 1. The third kappa shape index (κ3) is 4.65. The second kappa shape index (κ2) is 8.85. The van der Waals surface area contributed by atoms with E-state index in [1.165, 1.54) is 18.5 Å². The Balaban J connectivity index is 1.54. The van der Waals surface area contributed by atoms with Crippen LogP contribution >= 0.6 is 11.6 Å². The zero-order chi connectivity index (χ0) is 21.8. The van der Waals surface area contributed by atoms with Gasteiger partial charge in [0.25, 0.3) is 5.91 Å². The van der Waals surface area contributed by atoms with Crippen LogP contribution in [0.4, 0.5) is 14.6 Å². The van der Waals surface area contributed by atoms with Gasteiger partial charge in [-0.25, -0.2) is 18.7 Å². The SMILES string of the molecule is O=C(Nc1cnc(-c2cc(Oc3ccccn3)ccc2Cl)cn1)c1c(F)cccc1F. The molecule has 0 saturated heterocycles. The summed E-state index contributed by atoms with van der Waals surface area (Å²) in [5, 5.41) is 2.73. The van der Waals surface area contributed by atoms with E-state index < -0.39 is 23.1 Å². The summed E-state index contributed by atoms with van der Waals surface area (Å²) in [6, 6.07) is 13.5. The summed E-state index contributed by atoms with van der Waals surface area (Å²) in [7, 11) is 0. The fourth-order valence-corrected chi connectivity index (χ4v) is 2.93. The zero-order valence-corrected chi connectivity index (χ0v) is 16.5. The molecule has 2 aromatic carbocycles. The minimum atomic E-state index is -0.974. The van der Waals surface area contributed by atoms with Gasteiger partial charge in [-0.2, -0.15) is 0 Å². The lowest BCUT2D eigenvalue weighted by molar-refractivity contribution is 0.101. The molecule has 0 atom stereocenters. The fourth-order valence-electron chi connectivity index (χ4n) is 2.72. The number of nitrogens with one attached hydrogen (secondary N) is 1. The lowest BCUT2D eigenvalue weighted by Crippen LogP contribution is -2.16. The van der Waals surface area contributed by atoms with Crippen molar-refractivity contribution in [2.24, 2.45) is 0 Å². The maximum Gasteiger partial charge on any atom is 0.262 e. The first-order valence-electron chi connectivity index (χ1n) is 8.97. The highest BCUT2D eigenvalue weighted by molar-refractivity contribution is 6.33. The van der Waals surface area contributed by atoms with Crippen LogP contribution in [0.25, 0.3) is 11.3 Å². The van der Waals surface area contributed by atoms with Crippen LogP contribution in [0.1, 0.15) is 10.4 Å². The Bertz CT molecular complexity index is 1220. The van der Waals surface area contributed by atoms with Gasteiger partial charge in [-0.05, 0) is 36.4 Å². The van der Waals surface area contributed by atoms with Crippen LogP contribution in [-0.4, -0.2) is 20.9 Å². The van der Waals surface area contributed by atoms with Crippen molar-refractivity contribution in [2.45, 2.75) is 0 Å². The van der Waals surface area contributed by atoms with E-state index in [0.29, 0.717) is 27.9 Å². The fraction of sp³-hybridized carbons (Fsp3) is 0. The number of ether oxygens (including phenoxy) is 1. The molecule has 0 saturated carbocycles. The van der Waals surface area contributed by atoms with Gasteiger partial charge < -0.3 is 10.1 Å². The molecule has 4 aromatic rings. The minimum absolute atomic E-state index is 0.0217. The Labute approximate surface area is 180 Å². The van der Waals surface area contributed by atoms with Gasteiger partial charge in [-0.3, -0.25) is 9.78 Å². The number of nitrogens with zero attached hydrogens (tertiary/aromatic N) is 3. The van der Waals surface area contributed by atoms with Gasteiger partial charge in [0.15, 0.2) is 5.82 Å². The first-order valence-corrected chi connectivity index (χ1v) is 9.35. The molecule has 0 radical (unpaired) electrons. The molecule has 154 valence electrons. The smallest absolute Gasteiger partial charge is 0.262 e. The zero-order valence-electron chi connectivity index (χ0n) is 15.7. The van der Waals surface area contributed by atoms with Crippen molar-refractivity contribution in [1.82, 2.24) is 15.0 Å². The molecule has 2 aromatic heterocycles. The van der Waals surface area contributed by atoms with Crippen molar-refractivity contribution in [3.8, 4) is 22.9 Å². The first-order chi connectivity index (χ1) is 15.0. The minimum Gasteiger partial charge on any atom is -0.439 e. The number of amides is 1. The predicted octanol–water partition coefficient (Wildman–Crippen LogP) is 5.51. The predicted molar refractivity (Wildman–Crippen MR) is 111 cm³/mol. The number of rotatable bonds is 5. The monoisotopic (exact) mass is 438 g/mol. The molecule has 2 heterocycles. The molecule has 0 aliphatic heterocycles. The average molecular weight is 439 g/mol. The van der Waals surface area contributed by atoms with E-state index in [0.717, 1.165) is 12.1 Å². The van der Waals surface area contributed by atoms with Gasteiger partial charge in [-0.15, -0.1) is 0 Å². The summed E-state index contributed by atoms with van der Waals surface area (Å²) in [5.41, 5.74) is 0.253. The van der Waals surface area contributed by atoms with E-state index in [9.17, 15) is 13.6 Å². The Morgan fingerprint density at radius 3 is 2.42 bits per heavy atom. The van der Waals surface area contributed by atoms with Crippen LogP contribution in [0.2, 0.25) is 5.02 Å². The van der Waals surface area contributed by atoms with Crippen LogP contribution in [-0.2, 0) is 0 Å².